The molecule has 0 bridgehead atoms. The number of carbonyl (C=O) groups excluding carboxylic acids is 2. The molecule has 3 N–H and O–H groups in total. The molecule has 0 heterocycles. The Kier molecular flexibility index (Phi) is 5.66. The molecule has 2 aromatic carbocycles. The fourth-order valence-electron chi connectivity index (χ4n) is 2.13. The van der Waals surface area contributed by atoms with Crippen LogP contribution in [-0.4, -0.2) is 22.8 Å². The minimum absolute atomic E-state index is 0.115. The van der Waals surface area contributed by atoms with Gasteiger partial charge in [0.05, 0.1) is 4.92 Å². The number of hydrogen-bond acceptors (Lipinski definition) is 4. The number of halogens is 2. The number of primary amides is 1. The minimum Gasteiger partial charge on any atom is -0.368 e. The predicted octanol–water partition coefficient (Wildman–Crippen LogP) is 2.21. The third-order valence-electron chi connectivity index (χ3n) is 3.40. The first-order chi connectivity index (χ1) is 11.8. The number of benzene rings is 2. The van der Waals surface area contributed by atoms with Crippen LogP contribution in [0.4, 0.5) is 10.1 Å². The lowest BCUT2D eigenvalue weighted by Crippen LogP contribution is -2.45. The SMILES string of the molecule is NC(=O)[C@@H](Cc1ccc(F)c([N+](=O)[O-])c1)NC(=O)c1ccc(Cl)cc1. The first-order valence-electron chi connectivity index (χ1n) is 7.06. The number of carbonyl (C=O) groups is 2. The molecular formula is C16H13ClFN3O4. The third kappa shape index (κ3) is 4.74. The van der Waals surface area contributed by atoms with Crippen LogP contribution < -0.4 is 11.1 Å². The molecular weight excluding hydrogens is 353 g/mol. The second kappa shape index (κ2) is 7.71. The Balaban J connectivity index is 2.17. The van der Waals surface area contributed by atoms with E-state index < -0.39 is 34.3 Å². The molecule has 1 atom stereocenters. The van der Waals surface area contributed by atoms with Gasteiger partial charge in [-0.25, -0.2) is 0 Å². The van der Waals surface area contributed by atoms with Crippen molar-refractivity contribution in [3.8, 4) is 0 Å². The van der Waals surface area contributed by atoms with E-state index in [0.717, 1.165) is 12.1 Å². The number of nitrogens with two attached hydrogens (primary N) is 1. The summed E-state index contributed by atoms with van der Waals surface area (Å²) in [6.07, 6.45) is -0.115. The Morgan fingerprint density at radius 2 is 1.88 bits per heavy atom. The van der Waals surface area contributed by atoms with Crippen LogP contribution in [-0.2, 0) is 11.2 Å². The summed E-state index contributed by atoms with van der Waals surface area (Å²) in [6.45, 7) is 0. The second-order valence-electron chi connectivity index (χ2n) is 5.18. The van der Waals surface area contributed by atoms with E-state index in [2.05, 4.69) is 5.32 Å². The van der Waals surface area contributed by atoms with Crippen LogP contribution in [0.2, 0.25) is 5.02 Å². The molecule has 0 unspecified atom stereocenters. The molecule has 2 rings (SSSR count). The Morgan fingerprint density at radius 1 is 1.24 bits per heavy atom. The van der Waals surface area contributed by atoms with Crippen molar-refractivity contribution in [2.45, 2.75) is 12.5 Å². The lowest BCUT2D eigenvalue weighted by atomic mass is 10.0. The number of nitro groups is 1. The molecule has 2 aromatic rings. The van der Waals surface area contributed by atoms with Crippen molar-refractivity contribution in [3.05, 3.63) is 74.5 Å². The Labute approximate surface area is 146 Å². The van der Waals surface area contributed by atoms with Crippen LogP contribution in [0.15, 0.2) is 42.5 Å². The van der Waals surface area contributed by atoms with Gasteiger partial charge in [0.2, 0.25) is 11.7 Å². The van der Waals surface area contributed by atoms with Crippen LogP contribution in [0.3, 0.4) is 0 Å². The zero-order valence-corrected chi connectivity index (χ0v) is 13.5. The van der Waals surface area contributed by atoms with Crippen molar-refractivity contribution in [3.63, 3.8) is 0 Å². The standard InChI is InChI=1S/C16H13ClFN3O4/c17-11-4-2-10(3-5-11)16(23)20-13(15(19)22)7-9-1-6-12(18)14(8-9)21(24)25/h1-6,8,13H,7H2,(H2,19,22)(H,20,23)/t13-/m1/s1. The number of hydrogen-bond donors (Lipinski definition) is 2. The monoisotopic (exact) mass is 365 g/mol. The molecule has 0 radical (unpaired) electrons. The first-order valence-corrected chi connectivity index (χ1v) is 7.44. The summed E-state index contributed by atoms with van der Waals surface area (Å²) < 4.78 is 13.4. The fraction of sp³-hybridized carbons (Fsp3) is 0.125. The summed E-state index contributed by atoms with van der Waals surface area (Å²) >= 11 is 5.74. The Bertz CT molecular complexity index is 827. The molecule has 7 nitrogen and oxygen atoms in total. The molecule has 25 heavy (non-hydrogen) atoms. The van der Waals surface area contributed by atoms with Gasteiger partial charge in [-0.2, -0.15) is 4.39 Å². The Hall–Kier alpha value is -3.00. The van der Waals surface area contributed by atoms with E-state index in [1.165, 1.54) is 30.3 Å². The van der Waals surface area contributed by atoms with Gasteiger partial charge in [-0.15, -0.1) is 0 Å². The van der Waals surface area contributed by atoms with Gasteiger partial charge >= 0.3 is 5.69 Å². The zero-order chi connectivity index (χ0) is 18.6. The van der Waals surface area contributed by atoms with E-state index in [0.29, 0.717) is 5.02 Å². The summed E-state index contributed by atoms with van der Waals surface area (Å²) in [4.78, 5) is 33.7. The highest BCUT2D eigenvalue weighted by atomic mass is 35.5. The summed E-state index contributed by atoms with van der Waals surface area (Å²) in [7, 11) is 0. The van der Waals surface area contributed by atoms with Gasteiger partial charge in [0.15, 0.2) is 0 Å². The van der Waals surface area contributed by atoms with Crippen molar-refractivity contribution < 1.29 is 18.9 Å². The smallest absolute Gasteiger partial charge is 0.305 e. The lowest BCUT2D eigenvalue weighted by Gasteiger charge is -2.15. The predicted molar refractivity (Wildman–Crippen MR) is 88.7 cm³/mol. The summed E-state index contributed by atoms with van der Waals surface area (Å²) in [5.74, 6) is -2.37. The molecule has 0 aliphatic rings. The van der Waals surface area contributed by atoms with Gasteiger partial charge in [-0.05, 0) is 35.9 Å². The zero-order valence-electron chi connectivity index (χ0n) is 12.7. The van der Waals surface area contributed by atoms with Gasteiger partial charge in [0.25, 0.3) is 5.91 Å². The Morgan fingerprint density at radius 3 is 2.44 bits per heavy atom. The van der Waals surface area contributed by atoms with Gasteiger partial charge in [0, 0.05) is 23.1 Å². The van der Waals surface area contributed by atoms with Crippen molar-refractivity contribution >= 4 is 29.1 Å². The molecule has 2 amide bonds. The number of nitro benzene ring substituents is 1. The van der Waals surface area contributed by atoms with E-state index in [1.807, 2.05) is 0 Å². The third-order valence-corrected chi connectivity index (χ3v) is 3.65. The molecule has 0 saturated heterocycles. The highest BCUT2D eigenvalue weighted by molar-refractivity contribution is 6.30. The molecule has 0 aliphatic heterocycles. The van der Waals surface area contributed by atoms with Crippen LogP contribution >= 0.6 is 11.6 Å². The van der Waals surface area contributed by atoms with Crippen molar-refractivity contribution in [1.29, 1.82) is 0 Å². The lowest BCUT2D eigenvalue weighted by molar-refractivity contribution is -0.387. The average Bonchev–Trinajstić information content (AvgIpc) is 2.56. The largest absolute Gasteiger partial charge is 0.368 e. The maximum absolute atomic E-state index is 13.4. The van der Waals surface area contributed by atoms with Crippen LogP contribution in [0.25, 0.3) is 0 Å². The molecule has 0 spiro atoms. The number of rotatable bonds is 6. The number of nitrogens with zero attached hydrogens (tertiary/aromatic N) is 1. The highest BCUT2D eigenvalue weighted by Crippen LogP contribution is 2.19. The van der Waals surface area contributed by atoms with E-state index in [4.69, 9.17) is 17.3 Å². The van der Waals surface area contributed by atoms with Gasteiger partial charge in [0.1, 0.15) is 6.04 Å². The molecule has 0 fully saturated rings. The van der Waals surface area contributed by atoms with Crippen LogP contribution in [0, 0.1) is 15.9 Å². The van der Waals surface area contributed by atoms with Crippen molar-refractivity contribution in [2.24, 2.45) is 5.73 Å². The molecule has 130 valence electrons. The maximum atomic E-state index is 13.4. The quantitative estimate of drug-likeness (QED) is 0.603. The van der Waals surface area contributed by atoms with Crippen molar-refractivity contribution in [2.75, 3.05) is 0 Å². The van der Waals surface area contributed by atoms with Crippen molar-refractivity contribution in [1.82, 2.24) is 5.32 Å². The highest BCUT2D eigenvalue weighted by Gasteiger charge is 2.22. The van der Waals surface area contributed by atoms with Gasteiger partial charge in [-0.3, -0.25) is 19.7 Å². The summed E-state index contributed by atoms with van der Waals surface area (Å²) in [6, 6.07) is 8.06. The normalized spacial score (nSPS) is 11.6. The summed E-state index contributed by atoms with van der Waals surface area (Å²) in [5.41, 5.74) is 5.11. The van der Waals surface area contributed by atoms with E-state index >= 15 is 0 Å². The molecule has 9 heteroatoms. The average molecular weight is 366 g/mol. The molecule has 0 aromatic heterocycles. The van der Waals surface area contributed by atoms with Crippen LogP contribution in [0.1, 0.15) is 15.9 Å². The van der Waals surface area contributed by atoms with Crippen LogP contribution in [0.5, 0.6) is 0 Å². The number of nitrogens with one attached hydrogen (secondary N) is 1. The van der Waals surface area contributed by atoms with E-state index in [1.54, 1.807) is 0 Å². The fourth-order valence-corrected chi connectivity index (χ4v) is 2.25. The first kappa shape index (κ1) is 18.3. The molecule has 0 aliphatic carbocycles. The van der Waals surface area contributed by atoms with E-state index in [-0.39, 0.29) is 17.5 Å². The van der Waals surface area contributed by atoms with E-state index in [9.17, 15) is 24.1 Å². The maximum Gasteiger partial charge on any atom is 0.305 e. The second-order valence-corrected chi connectivity index (χ2v) is 5.62. The number of amides is 2. The summed E-state index contributed by atoms with van der Waals surface area (Å²) in [5, 5.41) is 13.7. The van der Waals surface area contributed by atoms with Gasteiger partial charge < -0.3 is 11.1 Å². The molecule has 0 saturated carbocycles. The topological polar surface area (TPSA) is 115 Å². The van der Waals surface area contributed by atoms with Gasteiger partial charge in [-0.1, -0.05) is 17.7 Å². The minimum atomic E-state index is -1.12.